The third-order valence-corrected chi connectivity index (χ3v) is 5.11. The summed E-state index contributed by atoms with van der Waals surface area (Å²) in [6.07, 6.45) is 0.705. The van der Waals surface area contributed by atoms with Crippen molar-refractivity contribution in [1.29, 1.82) is 0 Å². The smallest absolute Gasteiger partial charge is 0.170 e. The number of hydrogen-bond donors (Lipinski definition) is 3. The van der Waals surface area contributed by atoms with E-state index in [4.69, 9.17) is 18.0 Å². The summed E-state index contributed by atoms with van der Waals surface area (Å²) in [4.78, 5) is 0. The van der Waals surface area contributed by atoms with E-state index in [9.17, 15) is 8.42 Å². The van der Waals surface area contributed by atoms with E-state index in [1.165, 1.54) is 0 Å². The van der Waals surface area contributed by atoms with E-state index in [-0.39, 0.29) is 17.4 Å². The fourth-order valence-electron chi connectivity index (χ4n) is 2.06. The molecule has 1 fully saturated rings. The van der Waals surface area contributed by atoms with Crippen molar-refractivity contribution < 1.29 is 8.42 Å². The summed E-state index contributed by atoms with van der Waals surface area (Å²) in [5.41, 5.74) is 7.15. The van der Waals surface area contributed by atoms with Gasteiger partial charge in [0.1, 0.15) is 0 Å². The van der Waals surface area contributed by atoms with E-state index < -0.39 is 9.84 Å². The van der Waals surface area contributed by atoms with Crippen molar-refractivity contribution in [1.82, 2.24) is 5.32 Å². The van der Waals surface area contributed by atoms with E-state index in [0.717, 1.165) is 5.69 Å². The molecule has 0 aliphatic carbocycles. The number of nitrogens with two attached hydrogens (primary N) is 1. The number of nitrogen functional groups attached to an aromatic ring is 1. The van der Waals surface area contributed by atoms with Gasteiger partial charge in [-0.1, -0.05) is 6.07 Å². The lowest BCUT2D eigenvalue weighted by Crippen LogP contribution is -2.33. The Morgan fingerprint density at radius 3 is 2.89 bits per heavy atom. The molecule has 1 aliphatic rings. The first-order valence-electron chi connectivity index (χ1n) is 6.05. The average molecular weight is 299 g/mol. The number of rotatable bonds is 3. The molecule has 0 spiro atoms. The van der Waals surface area contributed by atoms with E-state index in [2.05, 4.69) is 10.6 Å². The zero-order chi connectivity index (χ0) is 13.9. The molecule has 1 aromatic rings. The molecule has 1 aromatic carbocycles. The Kier molecular flexibility index (Phi) is 4.26. The fourth-order valence-corrected chi connectivity index (χ4v) is 4.12. The molecule has 7 heteroatoms. The van der Waals surface area contributed by atoms with Gasteiger partial charge in [0.25, 0.3) is 0 Å². The third kappa shape index (κ3) is 4.36. The molecule has 0 amide bonds. The molecule has 0 aromatic heterocycles. The van der Waals surface area contributed by atoms with Crippen LogP contribution in [0, 0.1) is 5.92 Å². The molecule has 19 heavy (non-hydrogen) atoms. The van der Waals surface area contributed by atoms with E-state index in [1.807, 2.05) is 12.1 Å². The van der Waals surface area contributed by atoms with Crippen LogP contribution in [0.1, 0.15) is 6.42 Å². The summed E-state index contributed by atoms with van der Waals surface area (Å²) in [7, 11) is -2.83. The highest BCUT2D eigenvalue weighted by Crippen LogP contribution is 2.17. The van der Waals surface area contributed by atoms with Crippen LogP contribution in [0.15, 0.2) is 24.3 Å². The van der Waals surface area contributed by atoms with Crippen LogP contribution in [-0.4, -0.2) is 31.6 Å². The van der Waals surface area contributed by atoms with Gasteiger partial charge in [-0.05, 0) is 42.8 Å². The van der Waals surface area contributed by atoms with E-state index in [0.29, 0.717) is 23.8 Å². The maximum absolute atomic E-state index is 11.3. The third-order valence-electron chi connectivity index (χ3n) is 3.02. The summed E-state index contributed by atoms with van der Waals surface area (Å²) >= 11 is 5.16. The van der Waals surface area contributed by atoms with Gasteiger partial charge >= 0.3 is 0 Å². The van der Waals surface area contributed by atoms with Crippen molar-refractivity contribution in [2.24, 2.45) is 5.92 Å². The van der Waals surface area contributed by atoms with Crippen LogP contribution in [0.2, 0.25) is 0 Å². The number of nitrogens with one attached hydrogen (secondary N) is 2. The second-order valence-corrected chi connectivity index (χ2v) is 7.37. The Balaban J connectivity index is 1.79. The summed E-state index contributed by atoms with van der Waals surface area (Å²) in [5.74, 6) is 0.681. The number of hydrogen-bond acceptors (Lipinski definition) is 4. The second-order valence-electron chi connectivity index (χ2n) is 4.73. The molecule has 4 N–H and O–H groups in total. The highest BCUT2D eigenvalue weighted by molar-refractivity contribution is 7.91. The van der Waals surface area contributed by atoms with Crippen LogP contribution in [0.25, 0.3) is 0 Å². The van der Waals surface area contributed by atoms with Crippen molar-refractivity contribution in [3.05, 3.63) is 24.3 Å². The first-order chi connectivity index (χ1) is 8.94. The highest BCUT2D eigenvalue weighted by atomic mass is 32.2. The lowest BCUT2D eigenvalue weighted by molar-refractivity contribution is 0.574. The summed E-state index contributed by atoms with van der Waals surface area (Å²) in [6, 6.07) is 7.28. The molecule has 1 heterocycles. The normalized spacial score (nSPS) is 20.9. The van der Waals surface area contributed by atoms with Gasteiger partial charge in [-0.3, -0.25) is 0 Å². The van der Waals surface area contributed by atoms with Crippen molar-refractivity contribution in [2.75, 3.05) is 29.1 Å². The molecular weight excluding hydrogens is 282 g/mol. The summed E-state index contributed by atoms with van der Waals surface area (Å²) in [6.45, 7) is 0.577. The molecule has 2 rings (SSSR count). The molecule has 0 saturated carbocycles. The van der Waals surface area contributed by atoms with Gasteiger partial charge in [0.15, 0.2) is 14.9 Å². The number of anilines is 2. The van der Waals surface area contributed by atoms with Gasteiger partial charge in [-0.25, -0.2) is 8.42 Å². The van der Waals surface area contributed by atoms with E-state index in [1.54, 1.807) is 12.1 Å². The van der Waals surface area contributed by atoms with Crippen LogP contribution in [0.4, 0.5) is 11.4 Å². The minimum atomic E-state index is -2.83. The van der Waals surface area contributed by atoms with Crippen molar-refractivity contribution in [2.45, 2.75) is 6.42 Å². The van der Waals surface area contributed by atoms with Crippen LogP contribution in [0.3, 0.4) is 0 Å². The van der Waals surface area contributed by atoms with Gasteiger partial charge < -0.3 is 16.4 Å². The molecule has 1 saturated heterocycles. The lowest BCUT2D eigenvalue weighted by Gasteiger charge is -2.13. The van der Waals surface area contributed by atoms with Crippen LogP contribution in [0.5, 0.6) is 0 Å². The standard InChI is InChI=1S/C12H17N3O2S2/c13-10-2-1-3-11(6-10)15-12(18)14-7-9-4-5-19(16,17)8-9/h1-3,6,9H,4-5,7-8,13H2,(H2,14,15,18). The van der Waals surface area contributed by atoms with Gasteiger partial charge in [-0.2, -0.15) is 0 Å². The maximum atomic E-state index is 11.3. The predicted octanol–water partition coefficient (Wildman–Crippen LogP) is 0.990. The van der Waals surface area contributed by atoms with Gasteiger partial charge in [0, 0.05) is 17.9 Å². The number of sulfone groups is 1. The maximum Gasteiger partial charge on any atom is 0.170 e. The molecule has 1 aliphatic heterocycles. The second kappa shape index (κ2) is 5.75. The zero-order valence-corrected chi connectivity index (χ0v) is 12.1. The van der Waals surface area contributed by atoms with Gasteiger partial charge in [0.2, 0.25) is 0 Å². The Morgan fingerprint density at radius 1 is 1.47 bits per heavy atom. The van der Waals surface area contributed by atoms with Crippen molar-refractivity contribution >= 4 is 38.5 Å². The molecule has 0 bridgehead atoms. The monoisotopic (exact) mass is 299 g/mol. The minimum absolute atomic E-state index is 0.144. The van der Waals surface area contributed by atoms with Crippen molar-refractivity contribution in [3.63, 3.8) is 0 Å². The first kappa shape index (κ1) is 14.1. The largest absolute Gasteiger partial charge is 0.399 e. The Morgan fingerprint density at radius 2 is 2.26 bits per heavy atom. The quantitative estimate of drug-likeness (QED) is 0.570. The number of thiocarbonyl (C=S) groups is 1. The summed E-state index contributed by atoms with van der Waals surface area (Å²) in [5, 5.41) is 6.55. The van der Waals surface area contributed by atoms with Crippen molar-refractivity contribution in [3.8, 4) is 0 Å². The number of benzene rings is 1. The summed E-state index contributed by atoms with van der Waals surface area (Å²) < 4.78 is 22.6. The van der Waals surface area contributed by atoms with Gasteiger partial charge in [-0.15, -0.1) is 0 Å². The topological polar surface area (TPSA) is 84.2 Å². The van der Waals surface area contributed by atoms with Crippen LogP contribution >= 0.6 is 12.2 Å². The highest BCUT2D eigenvalue weighted by Gasteiger charge is 2.27. The van der Waals surface area contributed by atoms with E-state index >= 15 is 0 Å². The average Bonchev–Trinajstić information content (AvgIpc) is 2.66. The molecular formula is C12H17N3O2S2. The molecule has 5 nitrogen and oxygen atoms in total. The Hall–Kier alpha value is -1.34. The van der Waals surface area contributed by atoms with Gasteiger partial charge in [0.05, 0.1) is 11.5 Å². The molecule has 1 atom stereocenters. The zero-order valence-electron chi connectivity index (χ0n) is 10.4. The Labute approximate surface area is 118 Å². The molecule has 1 unspecified atom stereocenters. The lowest BCUT2D eigenvalue weighted by atomic mass is 10.1. The SMILES string of the molecule is Nc1cccc(NC(=S)NCC2CCS(=O)(=O)C2)c1. The molecule has 0 radical (unpaired) electrons. The predicted molar refractivity (Wildman–Crippen MR) is 81.8 cm³/mol. The molecule has 104 valence electrons. The fraction of sp³-hybridized carbons (Fsp3) is 0.417. The van der Waals surface area contributed by atoms with Crippen LogP contribution in [-0.2, 0) is 9.84 Å². The van der Waals surface area contributed by atoms with Crippen LogP contribution < -0.4 is 16.4 Å². The minimum Gasteiger partial charge on any atom is -0.399 e. The first-order valence-corrected chi connectivity index (χ1v) is 8.28. The Bertz CT molecular complexity index is 572.